The van der Waals surface area contributed by atoms with E-state index in [1.54, 1.807) is 0 Å². The second-order valence-corrected chi connectivity index (χ2v) is 7.94. The van der Waals surface area contributed by atoms with Gasteiger partial charge in [0.25, 0.3) is 0 Å². The van der Waals surface area contributed by atoms with Gasteiger partial charge in [-0.05, 0) is 63.9 Å². The summed E-state index contributed by atoms with van der Waals surface area (Å²) in [5.41, 5.74) is 8.24. The summed E-state index contributed by atoms with van der Waals surface area (Å²) in [7, 11) is 0. The minimum atomic E-state index is 0. The number of thiocarbonyl (C=S) groups is 2. The molecule has 2 N–H and O–H groups in total. The van der Waals surface area contributed by atoms with Crippen molar-refractivity contribution in [3.05, 3.63) is 0 Å². The predicted octanol–water partition coefficient (Wildman–Crippen LogP) is 4.31. The van der Waals surface area contributed by atoms with E-state index < -0.39 is 0 Å². The Balaban J connectivity index is 0.000000403. The SMILES string of the molecule is CSC(=S)NN=C1CCCC1.CSC(=S)NN=C1CCCC1.[Zn]. The van der Waals surface area contributed by atoms with Crippen LogP contribution in [0.15, 0.2) is 10.2 Å². The summed E-state index contributed by atoms with van der Waals surface area (Å²) in [4.78, 5) is 0. The quantitative estimate of drug-likeness (QED) is 0.378. The number of hydrogen-bond acceptors (Lipinski definition) is 6. The van der Waals surface area contributed by atoms with Gasteiger partial charge in [-0.1, -0.05) is 48.0 Å². The molecule has 0 spiro atoms. The average molecular weight is 442 g/mol. The third kappa shape index (κ3) is 11.6. The number of thioether (sulfide) groups is 2. The molecule has 2 aliphatic carbocycles. The fourth-order valence-corrected chi connectivity index (χ4v) is 2.50. The first-order valence-corrected chi connectivity index (χ1v) is 10.7. The molecule has 0 aliphatic heterocycles. The Morgan fingerprint density at radius 2 is 1.09 bits per heavy atom. The van der Waals surface area contributed by atoms with Gasteiger partial charge in [0.15, 0.2) is 8.64 Å². The van der Waals surface area contributed by atoms with E-state index >= 15 is 0 Å². The molecule has 23 heavy (non-hydrogen) atoms. The number of nitrogens with one attached hydrogen (secondary N) is 2. The molecule has 2 rings (SSSR count). The molecule has 0 aromatic heterocycles. The van der Waals surface area contributed by atoms with Crippen LogP contribution in [0.4, 0.5) is 0 Å². The first-order valence-electron chi connectivity index (χ1n) is 7.44. The minimum Gasteiger partial charge on any atom is -0.262 e. The molecule has 0 amide bonds. The fraction of sp³-hybridized carbons (Fsp3) is 0.714. The van der Waals surface area contributed by atoms with Gasteiger partial charge in [0.1, 0.15) is 0 Å². The van der Waals surface area contributed by atoms with Crippen LogP contribution < -0.4 is 10.9 Å². The van der Waals surface area contributed by atoms with Crippen molar-refractivity contribution in [2.45, 2.75) is 51.4 Å². The third-order valence-corrected chi connectivity index (χ3v) is 5.45. The maximum atomic E-state index is 4.93. The molecule has 0 atom stereocenters. The predicted molar refractivity (Wildman–Crippen MR) is 110 cm³/mol. The van der Waals surface area contributed by atoms with Crippen LogP contribution in [-0.2, 0) is 19.5 Å². The largest absolute Gasteiger partial charge is 0.262 e. The van der Waals surface area contributed by atoms with Crippen LogP contribution in [0.25, 0.3) is 0 Å². The Morgan fingerprint density at radius 3 is 1.35 bits per heavy atom. The standard InChI is InChI=1S/2C7H12N2S2.Zn/c2*1-11-7(10)9-8-6-4-2-3-5-6;/h2*2-5H2,1H3,(H,9,10);. The van der Waals surface area contributed by atoms with E-state index in [2.05, 4.69) is 21.1 Å². The van der Waals surface area contributed by atoms with E-state index in [4.69, 9.17) is 24.4 Å². The van der Waals surface area contributed by atoms with Crippen molar-refractivity contribution in [2.24, 2.45) is 10.2 Å². The summed E-state index contributed by atoms with van der Waals surface area (Å²) in [6.45, 7) is 0. The Morgan fingerprint density at radius 1 is 0.783 bits per heavy atom. The minimum absolute atomic E-state index is 0. The van der Waals surface area contributed by atoms with Crippen molar-refractivity contribution in [1.29, 1.82) is 0 Å². The Hall–Kier alpha value is 0.443. The molecule has 0 aromatic rings. The van der Waals surface area contributed by atoms with Crippen molar-refractivity contribution in [2.75, 3.05) is 12.5 Å². The maximum absolute atomic E-state index is 4.93. The van der Waals surface area contributed by atoms with E-state index in [1.165, 1.54) is 60.6 Å². The van der Waals surface area contributed by atoms with Gasteiger partial charge in [-0.2, -0.15) is 10.2 Å². The first-order chi connectivity index (χ1) is 10.7. The summed E-state index contributed by atoms with van der Waals surface area (Å²) < 4.78 is 1.51. The number of rotatable bonds is 2. The summed E-state index contributed by atoms with van der Waals surface area (Å²) >= 11 is 12.9. The van der Waals surface area contributed by atoms with Gasteiger partial charge in [0.2, 0.25) is 0 Å². The van der Waals surface area contributed by atoms with Crippen LogP contribution in [0.5, 0.6) is 0 Å². The van der Waals surface area contributed by atoms with Gasteiger partial charge in [0, 0.05) is 30.9 Å². The second-order valence-electron chi connectivity index (χ2n) is 4.98. The van der Waals surface area contributed by atoms with Crippen LogP contribution in [0.2, 0.25) is 0 Å². The number of hydrazone groups is 2. The molecular formula is C14H24N4S4Zn. The number of nitrogens with zero attached hydrogens (tertiary/aromatic N) is 2. The normalized spacial score (nSPS) is 15.9. The monoisotopic (exact) mass is 440 g/mol. The Kier molecular flexibility index (Phi) is 15.0. The van der Waals surface area contributed by atoms with Gasteiger partial charge >= 0.3 is 0 Å². The van der Waals surface area contributed by atoms with Gasteiger partial charge in [0.05, 0.1) is 0 Å². The fourth-order valence-electron chi connectivity index (χ4n) is 2.13. The molecule has 0 unspecified atom stereocenters. The Labute approximate surface area is 171 Å². The molecule has 0 heterocycles. The summed E-state index contributed by atoms with van der Waals surface area (Å²) in [5.74, 6) is 0. The molecule has 0 saturated heterocycles. The Bertz CT molecular complexity index is 384. The molecule has 9 heteroatoms. The average Bonchev–Trinajstić information content (AvgIpc) is 3.24. The maximum Gasteiger partial charge on any atom is 0.153 e. The number of hydrogen-bond donors (Lipinski definition) is 2. The van der Waals surface area contributed by atoms with Crippen molar-refractivity contribution < 1.29 is 19.5 Å². The summed E-state index contributed by atoms with van der Waals surface area (Å²) in [6, 6.07) is 0. The van der Waals surface area contributed by atoms with Gasteiger partial charge in [-0.3, -0.25) is 10.9 Å². The zero-order chi connectivity index (χ0) is 16.2. The van der Waals surface area contributed by atoms with Crippen LogP contribution >= 0.6 is 48.0 Å². The molecule has 0 bridgehead atoms. The van der Waals surface area contributed by atoms with E-state index in [9.17, 15) is 0 Å². The zero-order valence-corrected chi connectivity index (χ0v) is 20.1. The van der Waals surface area contributed by atoms with E-state index in [0.717, 1.165) is 34.3 Å². The third-order valence-electron chi connectivity index (χ3n) is 3.34. The van der Waals surface area contributed by atoms with Crippen molar-refractivity contribution in [1.82, 2.24) is 10.9 Å². The van der Waals surface area contributed by atoms with E-state index in [-0.39, 0.29) is 19.5 Å². The molecule has 2 saturated carbocycles. The first kappa shape index (κ1) is 23.4. The zero-order valence-electron chi connectivity index (χ0n) is 13.9. The van der Waals surface area contributed by atoms with E-state index in [0.29, 0.717) is 0 Å². The summed E-state index contributed by atoms with van der Waals surface area (Å²) in [5, 5.41) is 8.40. The molecule has 0 radical (unpaired) electrons. The van der Waals surface area contributed by atoms with Gasteiger partial charge in [-0.25, -0.2) is 0 Å². The molecular weight excluding hydrogens is 418 g/mol. The topological polar surface area (TPSA) is 48.8 Å². The van der Waals surface area contributed by atoms with Gasteiger partial charge < -0.3 is 0 Å². The molecule has 2 fully saturated rings. The molecule has 126 valence electrons. The van der Waals surface area contributed by atoms with Crippen LogP contribution in [0.1, 0.15) is 51.4 Å². The summed E-state index contributed by atoms with van der Waals surface area (Å²) in [6.07, 6.45) is 13.6. The molecule has 0 aromatic carbocycles. The van der Waals surface area contributed by atoms with E-state index in [1.807, 2.05) is 12.5 Å². The molecule has 4 nitrogen and oxygen atoms in total. The van der Waals surface area contributed by atoms with Crippen LogP contribution in [0, 0.1) is 0 Å². The van der Waals surface area contributed by atoms with Crippen LogP contribution in [-0.4, -0.2) is 32.6 Å². The van der Waals surface area contributed by atoms with Crippen molar-refractivity contribution in [3.63, 3.8) is 0 Å². The van der Waals surface area contributed by atoms with Gasteiger partial charge in [-0.15, -0.1) is 0 Å². The van der Waals surface area contributed by atoms with Crippen LogP contribution in [0.3, 0.4) is 0 Å². The molecule has 2 aliphatic rings. The van der Waals surface area contributed by atoms with Crippen molar-refractivity contribution >= 4 is 68.0 Å². The smallest absolute Gasteiger partial charge is 0.153 e. The van der Waals surface area contributed by atoms with Crippen molar-refractivity contribution in [3.8, 4) is 0 Å². The second kappa shape index (κ2) is 14.8.